The first-order chi connectivity index (χ1) is 12.0. The van der Waals surface area contributed by atoms with Crippen LogP contribution >= 0.6 is 0 Å². The summed E-state index contributed by atoms with van der Waals surface area (Å²) in [6.07, 6.45) is 2.51. The topological polar surface area (TPSA) is 86.2 Å². The highest BCUT2D eigenvalue weighted by Gasteiger charge is 2.22. The molecule has 2 N–H and O–H groups in total. The maximum absolute atomic E-state index is 11.9. The van der Waals surface area contributed by atoms with Crippen LogP contribution < -0.4 is 10.6 Å². The van der Waals surface area contributed by atoms with Crippen molar-refractivity contribution in [2.24, 2.45) is 5.73 Å². The Kier molecular flexibility index (Phi) is 4.86. The molecular weight excluding hydrogens is 314 g/mol. The van der Waals surface area contributed by atoms with Crippen molar-refractivity contribution >= 4 is 22.5 Å². The van der Waals surface area contributed by atoms with Gasteiger partial charge in [-0.3, -0.25) is 9.78 Å². The molecule has 2 aromatic rings. The number of nitriles is 1. The Bertz CT molecular complexity index is 855. The van der Waals surface area contributed by atoms with E-state index in [2.05, 4.69) is 41.9 Å². The summed E-state index contributed by atoms with van der Waals surface area (Å²) in [5.74, 6) is -0.0200. The van der Waals surface area contributed by atoms with E-state index in [1.54, 1.807) is 6.20 Å². The summed E-state index contributed by atoms with van der Waals surface area (Å²) in [5.41, 5.74) is 10.3. The molecule has 0 unspecified atom stereocenters. The normalized spacial score (nSPS) is 15.1. The van der Waals surface area contributed by atoms with Crippen LogP contribution in [0.4, 0.5) is 5.69 Å². The third-order valence-electron chi connectivity index (χ3n) is 4.91. The second kappa shape index (κ2) is 7.08. The molecule has 0 bridgehead atoms. The van der Waals surface area contributed by atoms with Gasteiger partial charge in [0.05, 0.1) is 23.3 Å². The molecule has 1 aliphatic heterocycles. The molecule has 2 heterocycles. The van der Waals surface area contributed by atoms with Crippen LogP contribution in [0.5, 0.6) is 0 Å². The molecule has 0 radical (unpaired) electrons. The number of fused-ring (bicyclic) bond motifs is 1. The predicted octanol–water partition coefficient (Wildman–Crippen LogP) is 1.72. The van der Waals surface area contributed by atoms with Crippen LogP contribution in [0.2, 0.25) is 0 Å². The molecule has 1 fully saturated rings. The molecule has 0 saturated carbocycles. The summed E-state index contributed by atoms with van der Waals surface area (Å²) >= 11 is 0. The number of carbonyl (C=O) groups excluding carboxylic acids is 1. The number of carbonyl (C=O) groups is 1. The van der Waals surface area contributed by atoms with Gasteiger partial charge in [-0.15, -0.1) is 0 Å². The number of anilines is 1. The number of pyridine rings is 1. The van der Waals surface area contributed by atoms with E-state index in [9.17, 15) is 10.1 Å². The summed E-state index contributed by atoms with van der Waals surface area (Å²) in [4.78, 5) is 20.4. The van der Waals surface area contributed by atoms with Crippen LogP contribution in [0.25, 0.3) is 10.9 Å². The lowest BCUT2D eigenvalue weighted by Gasteiger charge is -2.26. The van der Waals surface area contributed by atoms with Gasteiger partial charge in [0.25, 0.3) is 0 Å². The Morgan fingerprint density at radius 2 is 2.00 bits per heavy atom. The lowest BCUT2D eigenvalue weighted by Crippen LogP contribution is -2.38. The SMILES string of the molecule is Cc1cc2ncc(C#N)c(N3CCCN(C(=O)CN)CC3)c2cc1C. The predicted molar refractivity (Wildman–Crippen MR) is 98.4 cm³/mol. The molecule has 3 rings (SSSR count). The molecular formula is C19H23N5O. The minimum absolute atomic E-state index is 0.0200. The zero-order valence-electron chi connectivity index (χ0n) is 14.7. The van der Waals surface area contributed by atoms with Crippen LogP contribution in [0, 0.1) is 25.2 Å². The van der Waals surface area contributed by atoms with Gasteiger partial charge in [-0.25, -0.2) is 0 Å². The Morgan fingerprint density at radius 1 is 1.24 bits per heavy atom. The highest BCUT2D eigenvalue weighted by Crippen LogP contribution is 2.31. The van der Waals surface area contributed by atoms with Gasteiger partial charge in [0.2, 0.25) is 5.91 Å². The van der Waals surface area contributed by atoms with E-state index in [1.165, 1.54) is 11.1 Å². The average molecular weight is 337 g/mol. The van der Waals surface area contributed by atoms with E-state index in [4.69, 9.17) is 5.73 Å². The van der Waals surface area contributed by atoms with E-state index in [0.717, 1.165) is 29.6 Å². The van der Waals surface area contributed by atoms with Crippen LogP contribution in [0.15, 0.2) is 18.3 Å². The third kappa shape index (κ3) is 3.28. The van der Waals surface area contributed by atoms with Gasteiger partial charge in [-0.1, -0.05) is 0 Å². The molecule has 1 saturated heterocycles. The fourth-order valence-corrected chi connectivity index (χ4v) is 3.38. The first kappa shape index (κ1) is 17.2. The summed E-state index contributed by atoms with van der Waals surface area (Å²) in [6, 6.07) is 6.46. The molecule has 1 aromatic heterocycles. The van der Waals surface area contributed by atoms with Crippen LogP contribution in [0.1, 0.15) is 23.1 Å². The zero-order valence-corrected chi connectivity index (χ0v) is 14.7. The van der Waals surface area contributed by atoms with Gasteiger partial charge >= 0.3 is 0 Å². The fourth-order valence-electron chi connectivity index (χ4n) is 3.38. The number of amides is 1. The van der Waals surface area contributed by atoms with E-state index < -0.39 is 0 Å². The van der Waals surface area contributed by atoms with Crippen molar-refractivity contribution in [2.75, 3.05) is 37.6 Å². The van der Waals surface area contributed by atoms with Crippen LogP contribution in [-0.4, -0.2) is 48.5 Å². The van der Waals surface area contributed by atoms with Crippen molar-refractivity contribution in [3.63, 3.8) is 0 Å². The lowest BCUT2D eigenvalue weighted by molar-refractivity contribution is -0.129. The van der Waals surface area contributed by atoms with Gasteiger partial charge in [0.1, 0.15) is 6.07 Å². The van der Waals surface area contributed by atoms with Gasteiger partial charge in [-0.05, 0) is 43.5 Å². The largest absolute Gasteiger partial charge is 0.368 e. The molecule has 6 nitrogen and oxygen atoms in total. The molecule has 1 aromatic carbocycles. The molecule has 1 amide bonds. The molecule has 0 aliphatic carbocycles. The van der Waals surface area contributed by atoms with Gasteiger partial charge < -0.3 is 15.5 Å². The number of hydrogen-bond donors (Lipinski definition) is 1. The van der Waals surface area contributed by atoms with Gasteiger partial charge in [0, 0.05) is 37.8 Å². The molecule has 130 valence electrons. The Hall–Kier alpha value is -2.65. The van der Waals surface area contributed by atoms with E-state index in [-0.39, 0.29) is 12.5 Å². The van der Waals surface area contributed by atoms with Crippen molar-refractivity contribution < 1.29 is 4.79 Å². The molecule has 1 aliphatic rings. The second-order valence-corrected chi connectivity index (χ2v) is 6.51. The highest BCUT2D eigenvalue weighted by molar-refractivity contribution is 5.95. The van der Waals surface area contributed by atoms with Gasteiger partial charge in [0.15, 0.2) is 0 Å². The fraction of sp³-hybridized carbons (Fsp3) is 0.421. The number of aryl methyl sites for hydroxylation is 2. The van der Waals surface area contributed by atoms with Crippen molar-refractivity contribution in [1.82, 2.24) is 9.88 Å². The Balaban J connectivity index is 2.03. The van der Waals surface area contributed by atoms with Crippen molar-refractivity contribution in [3.8, 4) is 6.07 Å². The summed E-state index contributed by atoms with van der Waals surface area (Å²) in [6.45, 7) is 6.99. The smallest absolute Gasteiger partial charge is 0.236 e. The number of nitrogens with two attached hydrogens (primary N) is 1. The zero-order chi connectivity index (χ0) is 18.0. The van der Waals surface area contributed by atoms with Crippen molar-refractivity contribution in [3.05, 3.63) is 35.0 Å². The van der Waals surface area contributed by atoms with Crippen molar-refractivity contribution in [2.45, 2.75) is 20.3 Å². The standard InChI is InChI=1S/C19H23N5O/c1-13-8-16-17(9-14(13)2)22-12-15(10-20)19(16)24-5-3-4-23(6-7-24)18(25)11-21/h8-9,12H,3-7,11,21H2,1-2H3. The first-order valence-corrected chi connectivity index (χ1v) is 8.58. The Morgan fingerprint density at radius 3 is 2.72 bits per heavy atom. The average Bonchev–Trinajstić information content (AvgIpc) is 2.87. The summed E-state index contributed by atoms with van der Waals surface area (Å²) < 4.78 is 0. The number of rotatable bonds is 2. The summed E-state index contributed by atoms with van der Waals surface area (Å²) in [7, 11) is 0. The number of nitrogens with zero attached hydrogens (tertiary/aromatic N) is 4. The number of benzene rings is 1. The third-order valence-corrected chi connectivity index (χ3v) is 4.91. The highest BCUT2D eigenvalue weighted by atomic mass is 16.2. The maximum atomic E-state index is 11.9. The van der Waals surface area contributed by atoms with Crippen LogP contribution in [-0.2, 0) is 4.79 Å². The second-order valence-electron chi connectivity index (χ2n) is 6.51. The molecule has 6 heteroatoms. The summed E-state index contributed by atoms with van der Waals surface area (Å²) in [5, 5.41) is 10.6. The first-order valence-electron chi connectivity index (χ1n) is 8.58. The Labute approximate surface area is 147 Å². The van der Waals surface area contributed by atoms with E-state index in [1.807, 2.05) is 4.90 Å². The maximum Gasteiger partial charge on any atom is 0.236 e. The molecule has 25 heavy (non-hydrogen) atoms. The van der Waals surface area contributed by atoms with E-state index in [0.29, 0.717) is 25.2 Å². The lowest BCUT2D eigenvalue weighted by atomic mass is 10.0. The monoisotopic (exact) mass is 337 g/mol. The minimum Gasteiger partial charge on any atom is -0.368 e. The molecule has 0 atom stereocenters. The van der Waals surface area contributed by atoms with E-state index >= 15 is 0 Å². The van der Waals surface area contributed by atoms with Crippen molar-refractivity contribution in [1.29, 1.82) is 5.26 Å². The minimum atomic E-state index is -0.0200. The quantitative estimate of drug-likeness (QED) is 0.902. The van der Waals surface area contributed by atoms with Gasteiger partial charge in [-0.2, -0.15) is 5.26 Å². The van der Waals surface area contributed by atoms with Crippen LogP contribution in [0.3, 0.4) is 0 Å². The molecule has 0 spiro atoms. The number of aromatic nitrogens is 1. The number of hydrogen-bond acceptors (Lipinski definition) is 5.